The van der Waals surface area contributed by atoms with Gasteiger partial charge in [0.1, 0.15) is 0 Å². The Kier molecular flexibility index (Phi) is 10.6. The Hall–Kier alpha value is -2.61. The number of methoxy groups -OCH3 is 1. The molecule has 1 aromatic carbocycles. The van der Waals surface area contributed by atoms with Gasteiger partial charge in [0.05, 0.1) is 13.0 Å². The van der Waals surface area contributed by atoms with Gasteiger partial charge in [0.15, 0.2) is 5.78 Å². The molecule has 0 saturated heterocycles. The van der Waals surface area contributed by atoms with Crippen LogP contribution in [0.4, 0.5) is 0 Å². The molecule has 1 atom stereocenters. The summed E-state index contributed by atoms with van der Waals surface area (Å²) < 4.78 is 4.68. The SMILES string of the molecule is COC(=O)[C@@H](C)CCC(=O)c1cccc(C#CCCCCCC(=O)N(C)C)c1. The smallest absolute Gasteiger partial charge is 0.308 e. The minimum absolute atomic E-state index is 0.00459. The van der Waals surface area contributed by atoms with Crippen molar-refractivity contribution < 1.29 is 19.1 Å². The van der Waals surface area contributed by atoms with Crippen LogP contribution in [0.25, 0.3) is 0 Å². The van der Waals surface area contributed by atoms with E-state index in [1.165, 1.54) is 7.11 Å². The van der Waals surface area contributed by atoms with Gasteiger partial charge < -0.3 is 9.64 Å². The fraction of sp³-hybridized carbons (Fsp3) is 0.522. The Balaban J connectivity index is 2.43. The molecule has 152 valence electrons. The fourth-order valence-electron chi connectivity index (χ4n) is 2.64. The van der Waals surface area contributed by atoms with Crippen molar-refractivity contribution in [3.63, 3.8) is 0 Å². The third kappa shape index (κ3) is 8.85. The summed E-state index contributed by atoms with van der Waals surface area (Å²) in [5.41, 5.74) is 1.43. The van der Waals surface area contributed by atoms with Crippen LogP contribution < -0.4 is 0 Å². The van der Waals surface area contributed by atoms with Gasteiger partial charge in [-0.1, -0.05) is 37.3 Å². The Labute approximate surface area is 168 Å². The van der Waals surface area contributed by atoms with Crippen LogP contribution in [0.1, 0.15) is 67.8 Å². The van der Waals surface area contributed by atoms with Crippen LogP contribution in [-0.2, 0) is 14.3 Å². The number of nitrogens with zero attached hydrogens (tertiary/aromatic N) is 1. The number of amides is 1. The Morgan fingerprint density at radius 2 is 1.86 bits per heavy atom. The van der Waals surface area contributed by atoms with E-state index in [1.54, 1.807) is 38.1 Å². The molecule has 0 bridgehead atoms. The molecule has 0 aliphatic rings. The van der Waals surface area contributed by atoms with Crippen molar-refractivity contribution in [3.8, 4) is 11.8 Å². The predicted octanol–water partition coefficient (Wildman–Crippen LogP) is 3.85. The normalized spacial score (nSPS) is 11.1. The standard InChI is InChI=1S/C23H31NO4/c1-18(23(27)28-4)15-16-21(25)20-13-10-12-19(17-20)11-8-6-5-7-9-14-22(26)24(2)3/h10,12-13,17-18H,5-7,9,14-16H2,1-4H3/t18-/m0/s1. The van der Waals surface area contributed by atoms with Gasteiger partial charge >= 0.3 is 5.97 Å². The maximum Gasteiger partial charge on any atom is 0.308 e. The number of unbranched alkanes of at least 4 members (excludes halogenated alkanes) is 3. The quantitative estimate of drug-likeness (QED) is 0.266. The van der Waals surface area contributed by atoms with Gasteiger partial charge in [-0.15, -0.1) is 0 Å². The van der Waals surface area contributed by atoms with Crippen LogP contribution in [0.5, 0.6) is 0 Å². The second-order valence-corrected chi connectivity index (χ2v) is 7.12. The van der Waals surface area contributed by atoms with E-state index in [2.05, 4.69) is 16.6 Å². The molecule has 5 heteroatoms. The lowest BCUT2D eigenvalue weighted by Crippen LogP contribution is -2.20. The Bertz CT molecular complexity index is 728. The zero-order valence-corrected chi connectivity index (χ0v) is 17.4. The summed E-state index contributed by atoms with van der Waals surface area (Å²) in [6, 6.07) is 7.29. The molecule has 0 radical (unpaired) electrons. The number of rotatable bonds is 10. The van der Waals surface area contributed by atoms with Crippen LogP contribution in [0.2, 0.25) is 0 Å². The zero-order chi connectivity index (χ0) is 20.9. The molecule has 0 saturated carbocycles. The lowest BCUT2D eigenvalue weighted by molar-refractivity contribution is -0.145. The fourth-order valence-corrected chi connectivity index (χ4v) is 2.64. The second-order valence-electron chi connectivity index (χ2n) is 7.12. The maximum atomic E-state index is 12.3. The monoisotopic (exact) mass is 385 g/mol. The summed E-state index contributed by atoms with van der Waals surface area (Å²) in [5, 5.41) is 0. The highest BCUT2D eigenvalue weighted by Crippen LogP contribution is 2.13. The van der Waals surface area contributed by atoms with Crippen molar-refractivity contribution in [1.82, 2.24) is 4.90 Å². The van der Waals surface area contributed by atoms with E-state index >= 15 is 0 Å². The molecule has 28 heavy (non-hydrogen) atoms. The van der Waals surface area contributed by atoms with Gasteiger partial charge in [0, 0.05) is 44.5 Å². The molecule has 0 aliphatic carbocycles. The molecule has 0 unspecified atom stereocenters. The first-order chi connectivity index (χ1) is 13.3. The zero-order valence-electron chi connectivity index (χ0n) is 17.4. The second kappa shape index (κ2) is 12.7. The molecule has 0 spiro atoms. The molecule has 0 fully saturated rings. The number of esters is 1. The van der Waals surface area contributed by atoms with Gasteiger partial charge in [-0.25, -0.2) is 0 Å². The molecular formula is C23H31NO4. The minimum Gasteiger partial charge on any atom is -0.469 e. The third-order valence-electron chi connectivity index (χ3n) is 4.52. The van der Waals surface area contributed by atoms with Crippen molar-refractivity contribution in [2.45, 2.75) is 51.9 Å². The summed E-state index contributed by atoms with van der Waals surface area (Å²) in [6.45, 7) is 1.76. The summed E-state index contributed by atoms with van der Waals surface area (Å²) >= 11 is 0. The van der Waals surface area contributed by atoms with Crippen LogP contribution in [0, 0.1) is 17.8 Å². The van der Waals surface area contributed by atoms with Crippen LogP contribution in [0.3, 0.4) is 0 Å². The first-order valence-corrected chi connectivity index (χ1v) is 9.75. The van der Waals surface area contributed by atoms with Gasteiger partial charge in [0.2, 0.25) is 5.91 Å². The Morgan fingerprint density at radius 1 is 1.11 bits per heavy atom. The molecule has 0 N–H and O–H groups in total. The topological polar surface area (TPSA) is 63.7 Å². The van der Waals surface area contributed by atoms with Crippen LogP contribution in [-0.4, -0.2) is 43.8 Å². The third-order valence-corrected chi connectivity index (χ3v) is 4.52. The van der Waals surface area contributed by atoms with Gasteiger partial charge in [-0.2, -0.15) is 0 Å². The number of ether oxygens (including phenoxy) is 1. The number of ketones is 1. The van der Waals surface area contributed by atoms with Crippen LogP contribution >= 0.6 is 0 Å². The van der Waals surface area contributed by atoms with Crippen molar-refractivity contribution in [3.05, 3.63) is 35.4 Å². The summed E-state index contributed by atoms with van der Waals surface area (Å²) in [4.78, 5) is 36.9. The summed E-state index contributed by atoms with van der Waals surface area (Å²) in [6.07, 6.45) is 4.94. The molecule has 0 aliphatic heterocycles. The van der Waals surface area contributed by atoms with Crippen molar-refractivity contribution >= 4 is 17.7 Å². The van der Waals surface area contributed by atoms with E-state index < -0.39 is 0 Å². The number of carbonyl (C=O) groups is 3. The van der Waals surface area contributed by atoms with E-state index in [-0.39, 0.29) is 23.6 Å². The summed E-state index contributed by atoms with van der Waals surface area (Å²) in [7, 11) is 4.89. The molecule has 0 heterocycles. The minimum atomic E-state index is -0.293. The molecule has 5 nitrogen and oxygen atoms in total. The lowest BCUT2D eigenvalue weighted by atomic mass is 9.99. The van der Waals surface area contributed by atoms with E-state index in [0.29, 0.717) is 24.8 Å². The van der Waals surface area contributed by atoms with Gasteiger partial charge in [-0.05, 0) is 31.4 Å². The molecule has 0 aromatic heterocycles. The number of hydrogen-bond acceptors (Lipinski definition) is 4. The lowest BCUT2D eigenvalue weighted by Gasteiger charge is -2.09. The van der Waals surface area contributed by atoms with E-state index in [1.807, 2.05) is 12.1 Å². The van der Waals surface area contributed by atoms with E-state index in [4.69, 9.17) is 0 Å². The van der Waals surface area contributed by atoms with Crippen molar-refractivity contribution in [1.29, 1.82) is 0 Å². The Morgan fingerprint density at radius 3 is 2.54 bits per heavy atom. The summed E-state index contributed by atoms with van der Waals surface area (Å²) in [5.74, 6) is 5.82. The van der Waals surface area contributed by atoms with Gasteiger partial charge in [-0.3, -0.25) is 14.4 Å². The van der Waals surface area contributed by atoms with Gasteiger partial charge in [0.25, 0.3) is 0 Å². The van der Waals surface area contributed by atoms with E-state index in [9.17, 15) is 14.4 Å². The van der Waals surface area contributed by atoms with Crippen molar-refractivity contribution in [2.75, 3.05) is 21.2 Å². The number of Topliss-reactive ketones (excluding diaryl/α,β-unsaturated/α-hetero) is 1. The molecule has 1 amide bonds. The molecule has 1 aromatic rings. The maximum absolute atomic E-state index is 12.3. The first kappa shape index (κ1) is 23.4. The highest BCUT2D eigenvalue weighted by molar-refractivity contribution is 5.96. The highest BCUT2D eigenvalue weighted by Gasteiger charge is 2.15. The van der Waals surface area contributed by atoms with Crippen LogP contribution in [0.15, 0.2) is 24.3 Å². The average molecular weight is 386 g/mol. The number of benzene rings is 1. The van der Waals surface area contributed by atoms with E-state index in [0.717, 1.165) is 31.2 Å². The number of hydrogen-bond donors (Lipinski definition) is 0. The van der Waals surface area contributed by atoms with Crippen molar-refractivity contribution in [2.24, 2.45) is 5.92 Å². The predicted molar refractivity (Wildman–Crippen MR) is 110 cm³/mol. The largest absolute Gasteiger partial charge is 0.469 e. The molecular weight excluding hydrogens is 354 g/mol. The molecule has 1 rings (SSSR count). The average Bonchev–Trinajstić information content (AvgIpc) is 2.70. The highest BCUT2D eigenvalue weighted by atomic mass is 16.5. The number of carbonyl (C=O) groups excluding carboxylic acids is 3. The first-order valence-electron chi connectivity index (χ1n) is 9.75.